The van der Waals surface area contributed by atoms with Gasteiger partial charge in [-0.05, 0) is 17.7 Å². The van der Waals surface area contributed by atoms with E-state index in [1.807, 2.05) is 6.07 Å². The number of carboxylic acids is 1. The first-order valence-electron chi connectivity index (χ1n) is 4.11. The van der Waals surface area contributed by atoms with Gasteiger partial charge in [0.1, 0.15) is 0 Å². The Morgan fingerprint density at radius 1 is 1.47 bits per heavy atom. The van der Waals surface area contributed by atoms with E-state index in [1.54, 1.807) is 12.1 Å². The second kappa shape index (κ2) is 5.01. The fourth-order valence-electron chi connectivity index (χ4n) is 1.14. The van der Waals surface area contributed by atoms with Crippen molar-refractivity contribution >= 4 is 29.2 Å². The molecule has 1 aromatic carbocycles. The molecule has 0 amide bonds. The second-order valence-corrected chi connectivity index (χ2v) is 3.77. The van der Waals surface area contributed by atoms with E-state index in [4.69, 9.17) is 33.6 Å². The highest BCUT2D eigenvalue weighted by Gasteiger charge is 2.15. The van der Waals surface area contributed by atoms with E-state index in [2.05, 4.69) is 0 Å². The summed E-state index contributed by atoms with van der Waals surface area (Å²) in [6, 6.07) is 6.58. The van der Waals surface area contributed by atoms with Crippen LogP contribution in [0.1, 0.15) is 17.9 Å². The van der Waals surface area contributed by atoms with Crippen molar-refractivity contribution in [1.29, 1.82) is 5.26 Å². The van der Waals surface area contributed by atoms with E-state index in [0.717, 1.165) is 0 Å². The van der Waals surface area contributed by atoms with Crippen LogP contribution < -0.4 is 0 Å². The zero-order valence-corrected chi connectivity index (χ0v) is 9.09. The number of rotatable bonds is 3. The molecule has 15 heavy (non-hydrogen) atoms. The highest BCUT2D eigenvalue weighted by molar-refractivity contribution is 6.42. The number of halogens is 2. The molecular weight excluding hydrogens is 237 g/mol. The molecule has 0 bridgehead atoms. The first-order valence-corrected chi connectivity index (χ1v) is 4.86. The monoisotopic (exact) mass is 243 g/mol. The number of carboxylic acid groups (broad SMARTS) is 1. The molecule has 0 aromatic heterocycles. The number of benzene rings is 1. The molecule has 1 unspecified atom stereocenters. The summed E-state index contributed by atoms with van der Waals surface area (Å²) >= 11 is 11.5. The molecule has 0 aliphatic heterocycles. The number of hydrogen-bond acceptors (Lipinski definition) is 2. The molecule has 1 N–H and O–H groups in total. The molecule has 0 saturated heterocycles. The van der Waals surface area contributed by atoms with Crippen molar-refractivity contribution in [2.45, 2.75) is 12.3 Å². The van der Waals surface area contributed by atoms with Crippen molar-refractivity contribution in [3.8, 4) is 6.07 Å². The van der Waals surface area contributed by atoms with Crippen molar-refractivity contribution in [1.82, 2.24) is 0 Å². The summed E-state index contributed by atoms with van der Waals surface area (Å²) < 4.78 is 0. The van der Waals surface area contributed by atoms with Gasteiger partial charge in [0.05, 0.1) is 28.5 Å². The van der Waals surface area contributed by atoms with E-state index in [0.29, 0.717) is 15.6 Å². The van der Waals surface area contributed by atoms with E-state index in [-0.39, 0.29) is 6.42 Å². The minimum atomic E-state index is -1.02. The Kier molecular flexibility index (Phi) is 3.96. The lowest BCUT2D eigenvalue weighted by Gasteiger charge is -2.07. The van der Waals surface area contributed by atoms with Gasteiger partial charge in [-0.15, -0.1) is 0 Å². The zero-order chi connectivity index (χ0) is 11.4. The lowest BCUT2D eigenvalue weighted by Crippen LogP contribution is -2.04. The zero-order valence-electron chi connectivity index (χ0n) is 7.58. The normalized spacial score (nSPS) is 11.8. The Hall–Kier alpha value is -1.24. The van der Waals surface area contributed by atoms with Gasteiger partial charge < -0.3 is 5.11 Å². The molecule has 0 aliphatic carbocycles. The Morgan fingerprint density at radius 2 is 2.13 bits per heavy atom. The lowest BCUT2D eigenvalue weighted by molar-refractivity contribution is -0.137. The maximum Gasteiger partial charge on any atom is 0.305 e. The molecular formula is C10H7Cl2NO2. The third-order valence-corrected chi connectivity index (χ3v) is 2.62. The van der Waals surface area contributed by atoms with Gasteiger partial charge in [0.2, 0.25) is 0 Å². The maximum atomic E-state index is 10.5. The number of hydrogen-bond donors (Lipinski definition) is 1. The topological polar surface area (TPSA) is 61.1 Å². The lowest BCUT2D eigenvalue weighted by atomic mass is 9.97. The van der Waals surface area contributed by atoms with Crippen LogP contribution in [0.4, 0.5) is 0 Å². The molecule has 0 heterocycles. The third kappa shape index (κ3) is 3.12. The average molecular weight is 244 g/mol. The van der Waals surface area contributed by atoms with Crippen molar-refractivity contribution < 1.29 is 9.90 Å². The Balaban J connectivity index is 2.98. The predicted octanol–water partition coefficient (Wildman–Crippen LogP) is 3.08. The molecule has 78 valence electrons. The molecule has 5 heteroatoms. The number of nitriles is 1. The van der Waals surface area contributed by atoms with Crippen LogP contribution in [-0.2, 0) is 4.79 Å². The van der Waals surface area contributed by atoms with Gasteiger partial charge in [-0.3, -0.25) is 4.79 Å². The van der Waals surface area contributed by atoms with Crippen LogP contribution in [0, 0.1) is 11.3 Å². The van der Waals surface area contributed by atoms with Gasteiger partial charge in [0.15, 0.2) is 0 Å². The first kappa shape index (κ1) is 11.8. The molecule has 1 rings (SSSR count). The summed E-state index contributed by atoms with van der Waals surface area (Å²) in [5.74, 6) is -1.72. The SMILES string of the molecule is N#CC(CC(=O)O)c1ccc(Cl)c(Cl)c1. The summed E-state index contributed by atoms with van der Waals surface area (Å²) in [6.45, 7) is 0. The van der Waals surface area contributed by atoms with Crippen LogP contribution in [0.15, 0.2) is 18.2 Å². The average Bonchev–Trinajstić information content (AvgIpc) is 2.18. The molecule has 3 nitrogen and oxygen atoms in total. The molecule has 1 aromatic rings. The second-order valence-electron chi connectivity index (χ2n) is 2.95. The number of aliphatic carboxylic acids is 1. The van der Waals surface area contributed by atoms with Gasteiger partial charge >= 0.3 is 5.97 Å². The van der Waals surface area contributed by atoms with E-state index in [9.17, 15) is 4.79 Å². The van der Waals surface area contributed by atoms with Crippen molar-refractivity contribution in [3.05, 3.63) is 33.8 Å². The van der Waals surface area contributed by atoms with E-state index < -0.39 is 11.9 Å². The summed E-state index contributed by atoms with van der Waals surface area (Å²) in [5, 5.41) is 18.1. The summed E-state index contributed by atoms with van der Waals surface area (Å²) in [4.78, 5) is 10.5. The Labute approximate surface area is 96.8 Å². The standard InChI is InChI=1S/C10H7Cl2NO2/c11-8-2-1-6(3-9(8)12)7(5-13)4-10(14)15/h1-3,7H,4H2,(H,14,15). The molecule has 0 aliphatic rings. The fourth-order valence-corrected chi connectivity index (χ4v) is 1.45. The summed E-state index contributed by atoms with van der Waals surface area (Å²) in [5.41, 5.74) is 0.564. The van der Waals surface area contributed by atoms with Gasteiger partial charge in [-0.1, -0.05) is 29.3 Å². The van der Waals surface area contributed by atoms with Crippen LogP contribution >= 0.6 is 23.2 Å². The molecule has 0 fully saturated rings. The Morgan fingerprint density at radius 3 is 2.60 bits per heavy atom. The minimum Gasteiger partial charge on any atom is -0.481 e. The van der Waals surface area contributed by atoms with Gasteiger partial charge in [-0.25, -0.2) is 0 Å². The summed E-state index contributed by atoms with van der Waals surface area (Å²) in [6.07, 6.45) is -0.242. The predicted molar refractivity (Wildman–Crippen MR) is 57.1 cm³/mol. The summed E-state index contributed by atoms with van der Waals surface area (Å²) in [7, 11) is 0. The maximum absolute atomic E-state index is 10.5. The third-order valence-electron chi connectivity index (χ3n) is 1.88. The van der Waals surface area contributed by atoms with Gasteiger partial charge in [-0.2, -0.15) is 5.26 Å². The highest BCUT2D eigenvalue weighted by atomic mass is 35.5. The first-order chi connectivity index (χ1) is 7.04. The van der Waals surface area contributed by atoms with Crippen LogP contribution in [0.3, 0.4) is 0 Å². The quantitative estimate of drug-likeness (QED) is 0.888. The fraction of sp³-hybridized carbons (Fsp3) is 0.200. The van der Waals surface area contributed by atoms with Crippen LogP contribution in [0.25, 0.3) is 0 Å². The molecule has 0 radical (unpaired) electrons. The number of nitrogens with zero attached hydrogens (tertiary/aromatic N) is 1. The van der Waals surface area contributed by atoms with Crippen molar-refractivity contribution in [2.24, 2.45) is 0 Å². The van der Waals surface area contributed by atoms with E-state index in [1.165, 1.54) is 6.07 Å². The largest absolute Gasteiger partial charge is 0.481 e. The van der Waals surface area contributed by atoms with Gasteiger partial charge in [0.25, 0.3) is 0 Å². The molecule has 0 saturated carbocycles. The Bertz CT molecular complexity index is 426. The van der Waals surface area contributed by atoms with Gasteiger partial charge in [0, 0.05) is 0 Å². The van der Waals surface area contributed by atoms with Crippen LogP contribution in [0.5, 0.6) is 0 Å². The molecule has 1 atom stereocenters. The highest BCUT2D eigenvalue weighted by Crippen LogP contribution is 2.27. The van der Waals surface area contributed by atoms with Crippen molar-refractivity contribution in [3.63, 3.8) is 0 Å². The molecule has 0 spiro atoms. The van der Waals surface area contributed by atoms with Crippen LogP contribution in [0.2, 0.25) is 10.0 Å². The minimum absolute atomic E-state index is 0.242. The van der Waals surface area contributed by atoms with Crippen LogP contribution in [-0.4, -0.2) is 11.1 Å². The van der Waals surface area contributed by atoms with Crippen molar-refractivity contribution in [2.75, 3.05) is 0 Å². The van der Waals surface area contributed by atoms with E-state index >= 15 is 0 Å². The number of carbonyl (C=O) groups is 1. The smallest absolute Gasteiger partial charge is 0.305 e.